The molecule has 78 valence electrons. The Hall–Kier alpha value is -1.97. The summed E-state index contributed by atoms with van der Waals surface area (Å²) in [4.78, 5) is 10.8. The van der Waals surface area contributed by atoms with E-state index in [1.54, 1.807) is 6.26 Å². The van der Waals surface area contributed by atoms with Crippen LogP contribution in [0.25, 0.3) is 11.0 Å². The van der Waals surface area contributed by atoms with Crippen molar-refractivity contribution in [2.45, 2.75) is 6.92 Å². The zero-order valence-electron chi connectivity index (χ0n) is 8.40. The SMILES string of the molecule is COc1cc(C(=O)O)cc2occ(C)c12. The Bertz CT molecular complexity index is 525. The molecule has 0 amide bonds. The number of aromatic carboxylic acids is 1. The zero-order chi connectivity index (χ0) is 11.0. The Morgan fingerprint density at radius 2 is 2.20 bits per heavy atom. The zero-order valence-corrected chi connectivity index (χ0v) is 8.40. The van der Waals surface area contributed by atoms with E-state index in [0.29, 0.717) is 11.3 Å². The molecule has 2 aromatic rings. The number of rotatable bonds is 2. The highest BCUT2D eigenvalue weighted by Crippen LogP contribution is 2.31. The van der Waals surface area contributed by atoms with E-state index in [1.807, 2.05) is 6.92 Å². The van der Waals surface area contributed by atoms with E-state index in [0.717, 1.165) is 10.9 Å². The van der Waals surface area contributed by atoms with Gasteiger partial charge in [0.05, 0.1) is 24.3 Å². The maximum atomic E-state index is 10.8. The van der Waals surface area contributed by atoms with Gasteiger partial charge >= 0.3 is 5.97 Å². The van der Waals surface area contributed by atoms with Crippen molar-refractivity contribution in [2.75, 3.05) is 7.11 Å². The first-order chi connectivity index (χ1) is 7.13. The van der Waals surface area contributed by atoms with Crippen LogP contribution < -0.4 is 4.74 Å². The third-order valence-corrected chi connectivity index (χ3v) is 2.29. The Morgan fingerprint density at radius 1 is 1.47 bits per heavy atom. The molecule has 0 atom stereocenters. The fraction of sp³-hybridized carbons (Fsp3) is 0.182. The number of carboxylic acids is 1. The van der Waals surface area contributed by atoms with Crippen molar-refractivity contribution in [1.29, 1.82) is 0 Å². The van der Waals surface area contributed by atoms with Gasteiger partial charge < -0.3 is 14.3 Å². The Kier molecular flexibility index (Phi) is 2.11. The number of fused-ring (bicyclic) bond motifs is 1. The van der Waals surface area contributed by atoms with Crippen LogP contribution >= 0.6 is 0 Å². The predicted molar refractivity (Wildman–Crippen MR) is 54.5 cm³/mol. The van der Waals surface area contributed by atoms with Gasteiger partial charge in [0.1, 0.15) is 11.3 Å². The lowest BCUT2D eigenvalue weighted by atomic mass is 10.1. The minimum atomic E-state index is -0.996. The number of aryl methyl sites for hydroxylation is 1. The van der Waals surface area contributed by atoms with Gasteiger partial charge in [-0.3, -0.25) is 0 Å². The van der Waals surface area contributed by atoms with E-state index in [-0.39, 0.29) is 5.56 Å². The summed E-state index contributed by atoms with van der Waals surface area (Å²) in [5.41, 5.74) is 1.62. The van der Waals surface area contributed by atoms with Crippen LogP contribution in [0.1, 0.15) is 15.9 Å². The van der Waals surface area contributed by atoms with Crippen LogP contribution in [0.15, 0.2) is 22.8 Å². The lowest BCUT2D eigenvalue weighted by Crippen LogP contribution is -1.97. The summed E-state index contributed by atoms with van der Waals surface area (Å²) in [6, 6.07) is 2.99. The van der Waals surface area contributed by atoms with Gasteiger partial charge in [-0.15, -0.1) is 0 Å². The molecule has 0 aliphatic carbocycles. The maximum Gasteiger partial charge on any atom is 0.335 e. The van der Waals surface area contributed by atoms with E-state index < -0.39 is 5.97 Å². The molecule has 1 aromatic heterocycles. The molecule has 0 saturated carbocycles. The first-order valence-electron chi connectivity index (χ1n) is 4.42. The second-order valence-corrected chi connectivity index (χ2v) is 3.28. The van der Waals surface area contributed by atoms with Crippen LogP contribution in [0.2, 0.25) is 0 Å². The second-order valence-electron chi connectivity index (χ2n) is 3.28. The van der Waals surface area contributed by atoms with Crippen molar-refractivity contribution in [1.82, 2.24) is 0 Å². The van der Waals surface area contributed by atoms with Crippen LogP contribution in [-0.4, -0.2) is 18.2 Å². The van der Waals surface area contributed by atoms with Gasteiger partial charge in [0.15, 0.2) is 0 Å². The molecule has 0 unspecified atom stereocenters. The highest BCUT2D eigenvalue weighted by Gasteiger charge is 2.13. The maximum absolute atomic E-state index is 10.8. The minimum Gasteiger partial charge on any atom is -0.496 e. The predicted octanol–water partition coefficient (Wildman–Crippen LogP) is 2.45. The largest absolute Gasteiger partial charge is 0.496 e. The summed E-state index contributed by atoms with van der Waals surface area (Å²) in [7, 11) is 1.51. The lowest BCUT2D eigenvalue weighted by Gasteiger charge is -2.03. The van der Waals surface area contributed by atoms with Crippen molar-refractivity contribution in [3.05, 3.63) is 29.5 Å². The average molecular weight is 206 g/mol. The van der Waals surface area contributed by atoms with Crippen molar-refractivity contribution in [2.24, 2.45) is 0 Å². The van der Waals surface area contributed by atoms with Crippen LogP contribution in [0.4, 0.5) is 0 Å². The number of furan rings is 1. The molecule has 4 heteroatoms. The number of carbonyl (C=O) groups is 1. The highest BCUT2D eigenvalue weighted by atomic mass is 16.5. The summed E-state index contributed by atoms with van der Waals surface area (Å²) in [6.07, 6.45) is 1.58. The van der Waals surface area contributed by atoms with Gasteiger partial charge in [-0.2, -0.15) is 0 Å². The molecule has 1 N–H and O–H groups in total. The van der Waals surface area contributed by atoms with Crippen molar-refractivity contribution in [3.8, 4) is 5.75 Å². The Morgan fingerprint density at radius 3 is 2.80 bits per heavy atom. The Labute approximate surface area is 86.1 Å². The van der Waals surface area contributed by atoms with Gasteiger partial charge in [0, 0.05) is 0 Å². The summed E-state index contributed by atoms with van der Waals surface area (Å²) in [5.74, 6) is -0.472. The molecular weight excluding hydrogens is 196 g/mol. The van der Waals surface area contributed by atoms with E-state index in [4.69, 9.17) is 14.3 Å². The molecular formula is C11H10O4. The number of hydrogen-bond donors (Lipinski definition) is 1. The van der Waals surface area contributed by atoms with Crippen molar-refractivity contribution in [3.63, 3.8) is 0 Å². The molecule has 0 saturated heterocycles. The number of carboxylic acid groups (broad SMARTS) is 1. The second kappa shape index (κ2) is 3.31. The molecule has 0 radical (unpaired) electrons. The summed E-state index contributed by atoms with van der Waals surface area (Å²) in [6.45, 7) is 1.88. The van der Waals surface area contributed by atoms with Gasteiger partial charge in [0.25, 0.3) is 0 Å². The van der Waals surface area contributed by atoms with Crippen LogP contribution in [0.5, 0.6) is 5.75 Å². The highest BCUT2D eigenvalue weighted by molar-refractivity contribution is 5.96. The van der Waals surface area contributed by atoms with Crippen LogP contribution in [-0.2, 0) is 0 Å². The van der Waals surface area contributed by atoms with Gasteiger partial charge in [-0.25, -0.2) is 4.79 Å². The Balaban J connectivity index is 2.79. The number of hydrogen-bond acceptors (Lipinski definition) is 3. The topological polar surface area (TPSA) is 59.7 Å². The van der Waals surface area contributed by atoms with Crippen LogP contribution in [0, 0.1) is 6.92 Å². The normalized spacial score (nSPS) is 10.5. The number of benzene rings is 1. The molecule has 0 aliphatic rings. The van der Waals surface area contributed by atoms with E-state index in [2.05, 4.69) is 0 Å². The fourth-order valence-corrected chi connectivity index (χ4v) is 1.57. The minimum absolute atomic E-state index is 0.161. The summed E-state index contributed by atoms with van der Waals surface area (Å²) in [5, 5.41) is 9.70. The third kappa shape index (κ3) is 1.44. The molecule has 0 bridgehead atoms. The van der Waals surface area contributed by atoms with E-state index >= 15 is 0 Å². The lowest BCUT2D eigenvalue weighted by molar-refractivity contribution is 0.0696. The molecule has 1 heterocycles. The molecule has 0 fully saturated rings. The van der Waals surface area contributed by atoms with Gasteiger partial charge in [-0.1, -0.05) is 0 Å². The van der Waals surface area contributed by atoms with Crippen molar-refractivity contribution >= 4 is 16.9 Å². The summed E-state index contributed by atoms with van der Waals surface area (Å²) < 4.78 is 10.4. The van der Waals surface area contributed by atoms with E-state index in [9.17, 15) is 4.79 Å². The van der Waals surface area contributed by atoms with Crippen LogP contribution in [0.3, 0.4) is 0 Å². The molecule has 1 aromatic carbocycles. The molecule has 0 aliphatic heterocycles. The average Bonchev–Trinajstić information content (AvgIpc) is 2.59. The van der Waals surface area contributed by atoms with E-state index in [1.165, 1.54) is 19.2 Å². The number of methoxy groups -OCH3 is 1. The molecule has 2 rings (SSSR count). The fourth-order valence-electron chi connectivity index (χ4n) is 1.57. The monoisotopic (exact) mass is 206 g/mol. The first kappa shape index (κ1) is 9.58. The number of ether oxygens (including phenoxy) is 1. The quantitative estimate of drug-likeness (QED) is 0.819. The third-order valence-electron chi connectivity index (χ3n) is 2.29. The first-order valence-corrected chi connectivity index (χ1v) is 4.42. The molecule has 4 nitrogen and oxygen atoms in total. The van der Waals surface area contributed by atoms with Gasteiger partial charge in [-0.05, 0) is 24.6 Å². The molecule has 15 heavy (non-hydrogen) atoms. The summed E-state index contributed by atoms with van der Waals surface area (Å²) >= 11 is 0. The standard InChI is InChI=1S/C11H10O4/c1-6-5-15-9-4-7(11(12)13)3-8(14-2)10(6)9/h3-5H,1-2H3,(H,12,13). The molecule has 0 spiro atoms. The van der Waals surface area contributed by atoms with Crippen molar-refractivity contribution < 1.29 is 19.1 Å². The van der Waals surface area contributed by atoms with Gasteiger partial charge in [0.2, 0.25) is 0 Å². The smallest absolute Gasteiger partial charge is 0.335 e.